The lowest BCUT2D eigenvalue weighted by Gasteiger charge is -2.25. The topological polar surface area (TPSA) is 29.3 Å². The minimum absolute atomic E-state index is 0.810. The molecule has 0 bridgehead atoms. The summed E-state index contributed by atoms with van der Waals surface area (Å²) >= 11 is 0. The standard InChI is InChI=1S/C22H18N2/c23-22-13-7-8-17-16-20(14-15-21(17)22)24(18-9-3-1-4-10-18)19-11-5-2-6-12-19/h1-16H,23H2. The number of nitrogens with two attached hydrogens (primary N) is 1. The van der Waals surface area contributed by atoms with Gasteiger partial charge in [-0.2, -0.15) is 0 Å². The minimum Gasteiger partial charge on any atom is -0.398 e. The van der Waals surface area contributed by atoms with Gasteiger partial charge in [0.2, 0.25) is 0 Å². The van der Waals surface area contributed by atoms with Crippen molar-refractivity contribution in [3.05, 3.63) is 97.1 Å². The highest BCUT2D eigenvalue weighted by atomic mass is 15.1. The second-order valence-electron chi connectivity index (χ2n) is 5.76. The number of rotatable bonds is 3. The third kappa shape index (κ3) is 2.59. The van der Waals surface area contributed by atoms with E-state index in [4.69, 9.17) is 5.73 Å². The number of para-hydroxylation sites is 2. The average Bonchev–Trinajstić information content (AvgIpc) is 2.64. The zero-order valence-corrected chi connectivity index (χ0v) is 13.3. The summed E-state index contributed by atoms with van der Waals surface area (Å²) in [5.41, 5.74) is 10.3. The van der Waals surface area contributed by atoms with Crippen molar-refractivity contribution >= 4 is 33.5 Å². The van der Waals surface area contributed by atoms with E-state index in [0.717, 1.165) is 33.5 Å². The third-order valence-electron chi connectivity index (χ3n) is 4.18. The summed E-state index contributed by atoms with van der Waals surface area (Å²) in [6, 6.07) is 33.2. The summed E-state index contributed by atoms with van der Waals surface area (Å²) in [6.07, 6.45) is 0. The molecule has 0 radical (unpaired) electrons. The first-order valence-corrected chi connectivity index (χ1v) is 8.01. The third-order valence-corrected chi connectivity index (χ3v) is 4.18. The van der Waals surface area contributed by atoms with Crippen molar-refractivity contribution in [3.8, 4) is 0 Å². The Kier molecular flexibility index (Phi) is 3.64. The molecule has 0 aliphatic rings. The molecule has 0 heterocycles. The number of benzene rings is 4. The second kappa shape index (κ2) is 6.09. The van der Waals surface area contributed by atoms with Gasteiger partial charge in [-0.1, -0.05) is 54.6 Å². The molecular weight excluding hydrogens is 292 g/mol. The molecule has 0 aromatic heterocycles. The monoisotopic (exact) mass is 310 g/mol. The van der Waals surface area contributed by atoms with Gasteiger partial charge in [0.1, 0.15) is 0 Å². The highest BCUT2D eigenvalue weighted by Crippen LogP contribution is 2.36. The highest BCUT2D eigenvalue weighted by Gasteiger charge is 2.12. The molecule has 4 aromatic rings. The van der Waals surface area contributed by atoms with E-state index in [2.05, 4.69) is 77.7 Å². The first-order chi connectivity index (χ1) is 11.8. The van der Waals surface area contributed by atoms with E-state index in [0.29, 0.717) is 0 Å². The molecule has 24 heavy (non-hydrogen) atoms. The summed E-state index contributed by atoms with van der Waals surface area (Å²) in [5.74, 6) is 0. The van der Waals surface area contributed by atoms with Crippen LogP contribution in [0.1, 0.15) is 0 Å². The maximum Gasteiger partial charge on any atom is 0.0468 e. The fourth-order valence-electron chi connectivity index (χ4n) is 3.04. The molecule has 0 saturated carbocycles. The number of hydrogen-bond acceptors (Lipinski definition) is 2. The van der Waals surface area contributed by atoms with Crippen molar-refractivity contribution in [1.29, 1.82) is 0 Å². The Balaban J connectivity index is 1.91. The Labute approximate surface area is 141 Å². The van der Waals surface area contributed by atoms with Crippen LogP contribution in [0.5, 0.6) is 0 Å². The molecule has 0 aliphatic carbocycles. The Morgan fingerprint density at radius 1 is 0.542 bits per heavy atom. The van der Waals surface area contributed by atoms with Gasteiger partial charge in [-0.15, -0.1) is 0 Å². The summed E-state index contributed by atoms with van der Waals surface area (Å²) in [5, 5.41) is 2.23. The largest absolute Gasteiger partial charge is 0.398 e. The summed E-state index contributed by atoms with van der Waals surface area (Å²) in [4.78, 5) is 2.25. The Morgan fingerprint density at radius 2 is 1.17 bits per heavy atom. The molecule has 0 unspecified atom stereocenters. The molecule has 4 rings (SSSR count). The van der Waals surface area contributed by atoms with Crippen LogP contribution in [0.4, 0.5) is 22.7 Å². The zero-order valence-electron chi connectivity index (χ0n) is 13.3. The molecule has 116 valence electrons. The van der Waals surface area contributed by atoms with E-state index < -0.39 is 0 Å². The lowest BCUT2D eigenvalue weighted by Crippen LogP contribution is -2.09. The molecule has 4 aromatic carbocycles. The number of anilines is 4. The van der Waals surface area contributed by atoms with Crippen LogP contribution in [0, 0.1) is 0 Å². The number of nitrogens with zero attached hydrogens (tertiary/aromatic N) is 1. The quantitative estimate of drug-likeness (QED) is 0.478. The van der Waals surface area contributed by atoms with Gasteiger partial charge in [0, 0.05) is 28.1 Å². The smallest absolute Gasteiger partial charge is 0.0468 e. The predicted octanol–water partition coefficient (Wildman–Crippen LogP) is 5.89. The number of fused-ring (bicyclic) bond motifs is 1. The molecule has 2 heteroatoms. The van der Waals surface area contributed by atoms with E-state index in [-0.39, 0.29) is 0 Å². The van der Waals surface area contributed by atoms with Crippen LogP contribution in [0.25, 0.3) is 10.8 Å². The molecule has 0 atom stereocenters. The van der Waals surface area contributed by atoms with E-state index in [1.54, 1.807) is 0 Å². The lowest BCUT2D eigenvalue weighted by molar-refractivity contribution is 1.29. The SMILES string of the molecule is Nc1cccc2cc(N(c3ccccc3)c3ccccc3)ccc12. The predicted molar refractivity (Wildman–Crippen MR) is 103 cm³/mol. The van der Waals surface area contributed by atoms with Crippen LogP contribution < -0.4 is 10.6 Å². The summed E-state index contributed by atoms with van der Waals surface area (Å²) < 4.78 is 0. The van der Waals surface area contributed by atoms with E-state index in [1.165, 1.54) is 0 Å². The normalized spacial score (nSPS) is 10.7. The minimum atomic E-state index is 0.810. The van der Waals surface area contributed by atoms with Crippen molar-refractivity contribution in [2.24, 2.45) is 0 Å². The molecule has 0 fully saturated rings. The molecule has 0 amide bonds. The van der Waals surface area contributed by atoms with Crippen molar-refractivity contribution in [1.82, 2.24) is 0 Å². The second-order valence-corrected chi connectivity index (χ2v) is 5.76. The molecule has 2 N–H and O–H groups in total. The van der Waals surface area contributed by atoms with Gasteiger partial charge in [0.15, 0.2) is 0 Å². The Hall–Kier alpha value is -3.26. The Morgan fingerprint density at radius 3 is 1.79 bits per heavy atom. The van der Waals surface area contributed by atoms with Crippen LogP contribution in [0.2, 0.25) is 0 Å². The number of nitrogen functional groups attached to an aromatic ring is 1. The molecule has 0 spiro atoms. The van der Waals surface area contributed by atoms with Gasteiger partial charge in [-0.05, 0) is 47.9 Å². The van der Waals surface area contributed by atoms with Gasteiger partial charge in [-0.25, -0.2) is 0 Å². The maximum absolute atomic E-state index is 6.09. The van der Waals surface area contributed by atoms with Gasteiger partial charge in [-0.3, -0.25) is 0 Å². The lowest BCUT2D eigenvalue weighted by atomic mass is 10.1. The maximum atomic E-state index is 6.09. The summed E-state index contributed by atoms with van der Waals surface area (Å²) in [6.45, 7) is 0. The Bertz CT molecular complexity index is 923. The van der Waals surface area contributed by atoms with Crippen LogP contribution in [0.15, 0.2) is 97.1 Å². The molecule has 2 nitrogen and oxygen atoms in total. The van der Waals surface area contributed by atoms with E-state index >= 15 is 0 Å². The van der Waals surface area contributed by atoms with Crippen LogP contribution >= 0.6 is 0 Å². The molecule has 0 aliphatic heterocycles. The highest BCUT2D eigenvalue weighted by molar-refractivity contribution is 5.96. The molecular formula is C22H18N2. The van der Waals surface area contributed by atoms with Gasteiger partial charge in [0.25, 0.3) is 0 Å². The van der Waals surface area contributed by atoms with Gasteiger partial charge >= 0.3 is 0 Å². The van der Waals surface area contributed by atoms with Crippen molar-refractivity contribution in [2.45, 2.75) is 0 Å². The van der Waals surface area contributed by atoms with Crippen molar-refractivity contribution < 1.29 is 0 Å². The average molecular weight is 310 g/mol. The molecule has 0 saturated heterocycles. The van der Waals surface area contributed by atoms with E-state index in [1.807, 2.05) is 24.3 Å². The first kappa shape index (κ1) is 14.3. The summed E-state index contributed by atoms with van der Waals surface area (Å²) in [7, 11) is 0. The van der Waals surface area contributed by atoms with Crippen molar-refractivity contribution in [3.63, 3.8) is 0 Å². The van der Waals surface area contributed by atoms with E-state index in [9.17, 15) is 0 Å². The van der Waals surface area contributed by atoms with Crippen LogP contribution in [-0.2, 0) is 0 Å². The zero-order chi connectivity index (χ0) is 16.4. The van der Waals surface area contributed by atoms with Crippen molar-refractivity contribution in [2.75, 3.05) is 10.6 Å². The van der Waals surface area contributed by atoms with Gasteiger partial charge < -0.3 is 10.6 Å². The number of hydrogen-bond donors (Lipinski definition) is 1. The van der Waals surface area contributed by atoms with Crippen LogP contribution in [0.3, 0.4) is 0 Å². The fourth-order valence-corrected chi connectivity index (χ4v) is 3.04. The van der Waals surface area contributed by atoms with Crippen LogP contribution in [-0.4, -0.2) is 0 Å². The first-order valence-electron chi connectivity index (χ1n) is 8.01. The fraction of sp³-hybridized carbons (Fsp3) is 0. The van der Waals surface area contributed by atoms with Gasteiger partial charge in [0.05, 0.1) is 0 Å².